The molecule has 0 bridgehead atoms. The van der Waals surface area contributed by atoms with Crippen LogP contribution in [0.4, 0.5) is 5.69 Å². The first-order valence-corrected chi connectivity index (χ1v) is 6.00. The Hall–Kier alpha value is -1.02. The molecule has 0 saturated heterocycles. The summed E-state index contributed by atoms with van der Waals surface area (Å²) in [5.41, 5.74) is 2.66. The fraction of sp³-hybridized carbons (Fsp3) is 0.571. The Morgan fingerprint density at radius 3 is 2.38 bits per heavy atom. The van der Waals surface area contributed by atoms with Gasteiger partial charge in [-0.05, 0) is 31.5 Å². The normalized spacial score (nSPS) is 12.9. The third-order valence-corrected chi connectivity index (χ3v) is 3.17. The topological polar surface area (TPSA) is 15.3 Å². The van der Waals surface area contributed by atoms with Crippen molar-refractivity contribution in [3.05, 3.63) is 29.8 Å². The minimum atomic E-state index is 0.532. The third kappa shape index (κ3) is 3.24. The van der Waals surface area contributed by atoms with Gasteiger partial charge in [0.25, 0.3) is 0 Å². The highest BCUT2D eigenvalue weighted by molar-refractivity contribution is 5.52. The molecule has 1 rings (SSSR count). The predicted octanol–water partition coefficient (Wildman–Crippen LogP) is 2.68. The molecule has 0 amide bonds. The Morgan fingerprint density at radius 1 is 1.25 bits per heavy atom. The van der Waals surface area contributed by atoms with E-state index in [1.165, 1.54) is 11.3 Å². The van der Waals surface area contributed by atoms with E-state index in [-0.39, 0.29) is 0 Å². The van der Waals surface area contributed by atoms with Crippen molar-refractivity contribution in [3.63, 3.8) is 0 Å². The summed E-state index contributed by atoms with van der Waals surface area (Å²) in [7, 11) is 4.20. The summed E-state index contributed by atoms with van der Waals surface area (Å²) in [5.74, 6) is 0.650. The zero-order valence-electron chi connectivity index (χ0n) is 11.1. The van der Waals surface area contributed by atoms with E-state index in [1.807, 2.05) is 7.05 Å². The number of nitrogens with one attached hydrogen (secondary N) is 1. The highest BCUT2D eigenvalue weighted by Crippen LogP contribution is 2.18. The lowest BCUT2D eigenvalue weighted by molar-refractivity contribution is 0.429. The molecule has 1 aromatic carbocycles. The highest BCUT2D eigenvalue weighted by Gasteiger charge is 2.14. The largest absolute Gasteiger partial charge is 0.373 e. The maximum absolute atomic E-state index is 3.38. The molecule has 2 heteroatoms. The van der Waals surface area contributed by atoms with Crippen LogP contribution in [0.3, 0.4) is 0 Å². The lowest BCUT2D eigenvalue weighted by Gasteiger charge is -2.29. The van der Waals surface area contributed by atoms with Gasteiger partial charge < -0.3 is 10.2 Å². The molecule has 0 radical (unpaired) electrons. The first-order chi connectivity index (χ1) is 7.56. The van der Waals surface area contributed by atoms with Crippen LogP contribution in [0.2, 0.25) is 0 Å². The number of nitrogens with zero attached hydrogens (tertiary/aromatic N) is 1. The first kappa shape index (κ1) is 13.0. The second kappa shape index (κ2) is 5.90. The molecule has 1 N–H and O–H groups in total. The molecule has 0 aliphatic heterocycles. The van der Waals surface area contributed by atoms with Gasteiger partial charge in [-0.25, -0.2) is 0 Å². The van der Waals surface area contributed by atoms with Crippen LogP contribution in [-0.2, 0) is 0 Å². The number of para-hydroxylation sites is 1. The van der Waals surface area contributed by atoms with Gasteiger partial charge >= 0.3 is 0 Å². The molecular formula is C14H24N2. The Bertz CT molecular complexity index is 320. The van der Waals surface area contributed by atoms with E-state index in [4.69, 9.17) is 0 Å². The Labute approximate surface area is 99.7 Å². The number of hydrogen-bond donors (Lipinski definition) is 1. The molecule has 0 aromatic heterocycles. The second-order valence-corrected chi connectivity index (χ2v) is 4.81. The lowest BCUT2D eigenvalue weighted by atomic mass is 10.0. The summed E-state index contributed by atoms with van der Waals surface area (Å²) >= 11 is 0. The van der Waals surface area contributed by atoms with Crippen LogP contribution < -0.4 is 10.2 Å². The lowest BCUT2D eigenvalue weighted by Crippen LogP contribution is -2.41. The van der Waals surface area contributed by atoms with Gasteiger partial charge in [0.2, 0.25) is 0 Å². The van der Waals surface area contributed by atoms with Crippen LogP contribution in [0.15, 0.2) is 24.3 Å². The molecule has 1 atom stereocenters. The average molecular weight is 220 g/mol. The van der Waals surface area contributed by atoms with Gasteiger partial charge in [0.1, 0.15) is 0 Å². The minimum absolute atomic E-state index is 0.532. The molecule has 0 spiro atoms. The second-order valence-electron chi connectivity index (χ2n) is 4.81. The van der Waals surface area contributed by atoms with Gasteiger partial charge in [0, 0.05) is 25.3 Å². The van der Waals surface area contributed by atoms with E-state index < -0.39 is 0 Å². The van der Waals surface area contributed by atoms with E-state index in [1.54, 1.807) is 0 Å². The molecule has 0 heterocycles. The standard InChI is InChI=1S/C14H24N2/c1-11(2)13(15-4)10-16(5)14-9-7-6-8-12(14)3/h6-9,11,13,15H,10H2,1-5H3. The van der Waals surface area contributed by atoms with Gasteiger partial charge in [-0.3, -0.25) is 0 Å². The summed E-state index contributed by atoms with van der Waals surface area (Å²) in [4.78, 5) is 2.33. The predicted molar refractivity (Wildman–Crippen MR) is 72.1 cm³/mol. The van der Waals surface area contributed by atoms with Crippen molar-refractivity contribution in [1.29, 1.82) is 0 Å². The summed E-state index contributed by atoms with van der Waals surface area (Å²) in [6, 6.07) is 9.07. The van der Waals surface area contributed by atoms with E-state index in [0.717, 1.165) is 6.54 Å². The average Bonchev–Trinajstić information content (AvgIpc) is 2.25. The molecule has 0 aliphatic carbocycles. The fourth-order valence-corrected chi connectivity index (χ4v) is 2.02. The molecule has 0 aliphatic rings. The Balaban J connectivity index is 2.72. The molecule has 1 unspecified atom stereocenters. The van der Waals surface area contributed by atoms with Crippen LogP contribution in [0.5, 0.6) is 0 Å². The van der Waals surface area contributed by atoms with E-state index in [0.29, 0.717) is 12.0 Å². The number of aryl methyl sites for hydroxylation is 1. The molecular weight excluding hydrogens is 196 g/mol. The fourth-order valence-electron chi connectivity index (χ4n) is 2.02. The van der Waals surface area contributed by atoms with Crippen molar-refractivity contribution in [2.24, 2.45) is 5.92 Å². The van der Waals surface area contributed by atoms with Crippen LogP contribution in [-0.4, -0.2) is 26.7 Å². The summed E-state index contributed by atoms with van der Waals surface area (Å²) in [6.07, 6.45) is 0. The van der Waals surface area contributed by atoms with Crippen molar-refractivity contribution in [1.82, 2.24) is 5.32 Å². The number of anilines is 1. The number of rotatable bonds is 5. The number of benzene rings is 1. The van der Waals surface area contributed by atoms with Crippen molar-refractivity contribution in [2.75, 3.05) is 25.5 Å². The Morgan fingerprint density at radius 2 is 1.88 bits per heavy atom. The van der Waals surface area contributed by atoms with Gasteiger partial charge in [-0.15, -0.1) is 0 Å². The Kier molecular flexibility index (Phi) is 4.81. The molecule has 0 fully saturated rings. The molecule has 90 valence electrons. The van der Waals surface area contributed by atoms with E-state index >= 15 is 0 Å². The van der Waals surface area contributed by atoms with Gasteiger partial charge in [-0.1, -0.05) is 32.0 Å². The van der Waals surface area contributed by atoms with Crippen molar-refractivity contribution in [3.8, 4) is 0 Å². The first-order valence-electron chi connectivity index (χ1n) is 6.00. The SMILES string of the molecule is CNC(CN(C)c1ccccc1C)C(C)C. The van der Waals surface area contributed by atoms with Crippen LogP contribution in [0, 0.1) is 12.8 Å². The summed E-state index contributed by atoms with van der Waals surface area (Å²) in [5, 5.41) is 3.38. The smallest absolute Gasteiger partial charge is 0.0393 e. The molecule has 2 nitrogen and oxygen atoms in total. The molecule has 1 aromatic rings. The van der Waals surface area contributed by atoms with Gasteiger partial charge in [-0.2, -0.15) is 0 Å². The van der Waals surface area contributed by atoms with E-state index in [2.05, 4.69) is 62.3 Å². The van der Waals surface area contributed by atoms with Crippen molar-refractivity contribution < 1.29 is 0 Å². The van der Waals surface area contributed by atoms with Crippen LogP contribution in [0.1, 0.15) is 19.4 Å². The summed E-state index contributed by atoms with van der Waals surface area (Å²) < 4.78 is 0. The highest BCUT2D eigenvalue weighted by atomic mass is 15.1. The van der Waals surface area contributed by atoms with Gasteiger partial charge in [0.05, 0.1) is 0 Å². The molecule has 16 heavy (non-hydrogen) atoms. The zero-order chi connectivity index (χ0) is 12.1. The quantitative estimate of drug-likeness (QED) is 0.820. The van der Waals surface area contributed by atoms with Crippen LogP contribution >= 0.6 is 0 Å². The van der Waals surface area contributed by atoms with E-state index in [9.17, 15) is 0 Å². The molecule has 0 saturated carbocycles. The minimum Gasteiger partial charge on any atom is -0.373 e. The third-order valence-electron chi connectivity index (χ3n) is 3.17. The number of likely N-dealkylation sites (N-methyl/N-ethyl adjacent to an activating group) is 2. The van der Waals surface area contributed by atoms with Crippen molar-refractivity contribution in [2.45, 2.75) is 26.8 Å². The summed E-state index contributed by atoms with van der Waals surface area (Å²) in [6.45, 7) is 7.72. The zero-order valence-corrected chi connectivity index (χ0v) is 11.1. The maximum Gasteiger partial charge on any atom is 0.0393 e. The van der Waals surface area contributed by atoms with Crippen LogP contribution in [0.25, 0.3) is 0 Å². The van der Waals surface area contributed by atoms with Gasteiger partial charge in [0.15, 0.2) is 0 Å². The van der Waals surface area contributed by atoms with Crippen molar-refractivity contribution >= 4 is 5.69 Å². The number of hydrogen-bond acceptors (Lipinski definition) is 2. The monoisotopic (exact) mass is 220 g/mol. The maximum atomic E-state index is 3.38.